The molecule has 4 nitrogen and oxygen atoms in total. The number of aryl methyl sites for hydroxylation is 3. The van der Waals surface area contributed by atoms with Crippen LogP contribution in [-0.4, -0.2) is 9.55 Å². The van der Waals surface area contributed by atoms with Gasteiger partial charge in [-0.3, -0.25) is 4.57 Å². The van der Waals surface area contributed by atoms with Crippen molar-refractivity contribution in [1.82, 2.24) is 9.55 Å². The van der Waals surface area contributed by atoms with Crippen LogP contribution in [0.2, 0.25) is 0 Å². The van der Waals surface area contributed by atoms with Crippen molar-refractivity contribution in [1.29, 1.82) is 0 Å². The Labute approximate surface area is 156 Å². The second kappa shape index (κ2) is 7.26. The van der Waals surface area contributed by atoms with Crippen LogP contribution in [0.1, 0.15) is 56.3 Å². The Morgan fingerprint density at radius 2 is 1.77 bits per heavy atom. The van der Waals surface area contributed by atoms with Crippen LogP contribution in [0.5, 0.6) is 0 Å². The van der Waals surface area contributed by atoms with Gasteiger partial charge in [-0.25, -0.2) is 4.79 Å². The normalized spacial score (nSPS) is 25.5. The quantitative estimate of drug-likeness (QED) is 0.826. The molecule has 0 amide bonds. The topological polar surface area (TPSA) is 46.9 Å². The molecule has 4 heteroatoms. The first kappa shape index (κ1) is 18.7. The van der Waals surface area contributed by atoms with Gasteiger partial charge in [-0.2, -0.15) is 4.98 Å². The fourth-order valence-electron chi connectivity index (χ4n) is 4.49. The summed E-state index contributed by atoms with van der Waals surface area (Å²) in [6.07, 6.45) is 4.25. The van der Waals surface area contributed by atoms with Gasteiger partial charge >= 0.3 is 5.69 Å². The van der Waals surface area contributed by atoms with E-state index in [1.165, 1.54) is 6.42 Å². The zero-order chi connectivity index (χ0) is 19.0. The highest BCUT2D eigenvalue weighted by atomic mass is 16.1. The Bertz CT molecular complexity index is 835. The van der Waals surface area contributed by atoms with Crippen molar-refractivity contribution in [3.05, 3.63) is 51.6 Å². The van der Waals surface area contributed by atoms with E-state index in [-0.39, 0.29) is 11.7 Å². The van der Waals surface area contributed by atoms with Crippen molar-refractivity contribution >= 4 is 11.5 Å². The van der Waals surface area contributed by atoms with Crippen molar-refractivity contribution in [3.63, 3.8) is 0 Å². The number of hydrogen-bond donors (Lipinski definition) is 1. The molecule has 140 valence electrons. The minimum absolute atomic E-state index is 0.148. The fourth-order valence-corrected chi connectivity index (χ4v) is 4.49. The highest BCUT2D eigenvalue weighted by Crippen LogP contribution is 2.45. The maximum Gasteiger partial charge on any atom is 0.349 e. The smallest absolute Gasteiger partial charge is 0.339 e. The first-order chi connectivity index (χ1) is 12.3. The number of aromatic nitrogens is 2. The average molecular weight is 354 g/mol. The predicted octanol–water partition coefficient (Wildman–Crippen LogP) is 5.16. The molecule has 1 fully saturated rings. The van der Waals surface area contributed by atoms with Crippen molar-refractivity contribution in [2.45, 2.75) is 60.4 Å². The van der Waals surface area contributed by atoms with Crippen LogP contribution in [0.25, 0.3) is 0 Å². The summed E-state index contributed by atoms with van der Waals surface area (Å²) in [7, 11) is 0. The second-order valence-corrected chi connectivity index (χ2v) is 8.04. The summed E-state index contributed by atoms with van der Waals surface area (Å²) in [6.45, 7) is 13.0. The van der Waals surface area contributed by atoms with Crippen molar-refractivity contribution in [2.75, 3.05) is 5.32 Å². The van der Waals surface area contributed by atoms with Gasteiger partial charge in [0.25, 0.3) is 0 Å². The highest BCUT2D eigenvalue weighted by molar-refractivity contribution is 5.65. The molecule has 2 aromatic rings. The molecule has 0 saturated heterocycles. The monoisotopic (exact) mass is 353 g/mol. The number of hydrogen-bond acceptors (Lipinski definition) is 3. The number of anilines is 2. The van der Waals surface area contributed by atoms with Gasteiger partial charge in [-0.1, -0.05) is 45.4 Å². The third-order valence-corrected chi connectivity index (χ3v) is 6.46. The minimum Gasteiger partial charge on any atom is -0.339 e. The Kier molecular flexibility index (Phi) is 5.22. The summed E-state index contributed by atoms with van der Waals surface area (Å²) in [4.78, 5) is 17.2. The van der Waals surface area contributed by atoms with Gasteiger partial charge in [0, 0.05) is 23.5 Å². The number of nitrogens with one attached hydrogen (secondary N) is 1. The van der Waals surface area contributed by atoms with Gasteiger partial charge in [0.05, 0.1) is 0 Å². The van der Waals surface area contributed by atoms with Crippen LogP contribution < -0.4 is 11.0 Å². The summed E-state index contributed by atoms with van der Waals surface area (Å²) in [5, 5.41) is 3.38. The molecule has 1 aromatic heterocycles. The van der Waals surface area contributed by atoms with Crippen molar-refractivity contribution in [3.8, 4) is 0 Å². The van der Waals surface area contributed by atoms with E-state index in [0.717, 1.165) is 28.8 Å². The van der Waals surface area contributed by atoms with E-state index in [1.54, 1.807) is 0 Å². The number of benzene rings is 1. The van der Waals surface area contributed by atoms with Gasteiger partial charge < -0.3 is 5.32 Å². The lowest BCUT2D eigenvalue weighted by molar-refractivity contribution is 0.320. The number of rotatable bonds is 4. The second-order valence-electron chi connectivity index (χ2n) is 8.04. The molecule has 4 atom stereocenters. The summed E-state index contributed by atoms with van der Waals surface area (Å²) in [5.41, 5.74) is 4.20. The summed E-state index contributed by atoms with van der Waals surface area (Å²) in [6, 6.07) is 6.43. The first-order valence-corrected chi connectivity index (χ1v) is 9.76. The maximum atomic E-state index is 12.8. The van der Waals surface area contributed by atoms with Gasteiger partial charge in [0.2, 0.25) is 0 Å². The van der Waals surface area contributed by atoms with Crippen LogP contribution >= 0.6 is 0 Å². The van der Waals surface area contributed by atoms with Crippen LogP contribution in [0.4, 0.5) is 11.5 Å². The number of nitrogens with zero attached hydrogens (tertiary/aromatic N) is 2. The van der Waals surface area contributed by atoms with Gasteiger partial charge in [-0.05, 0) is 56.1 Å². The summed E-state index contributed by atoms with van der Waals surface area (Å²) in [5.74, 6) is 2.49. The molecule has 4 unspecified atom stereocenters. The van der Waals surface area contributed by atoms with E-state index in [9.17, 15) is 4.79 Å². The zero-order valence-electron chi connectivity index (χ0n) is 16.8. The van der Waals surface area contributed by atoms with E-state index in [1.807, 2.05) is 23.8 Å². The molecule has 1 aliphatic rings. The van der Waals surface area contributed by atoms with Crippen LogP contribution in [0, 0.1) is 38.5 Å². The van der Waals surface area contributed by atoms with Gasteiger partial charge in [0.1, 0.15) is 5.82 Å². The highest BCUT2D eigenvalue weighted by Gasteiger charge is 2.38. The van der Waals surface area contributed by atoms with E-state index >= 15 is 0 Å². The molecule has 0 radical (unpaired) electrons. The van der Waals surface area contributed by atoms with Crippen molar-refractivity contribution in [2.24, 2.45) is 17.8 Å². The Morgan fingerprint density at radius 3 is 2.35 bits per heavy atom. The third kappa shape index (κ3) is 3.29. The largest absolute Gasteiger partial charge is 0.349 e. The fraction of sp³-hybridized carbons (Fsp3) is 0.545. The SMILES string of the molecule is CCC1CC(n2cc(C)c(Nc3c(C)cccc3C)nc2=O)C(C)C1C. The standard InChI is InChI=1S/C22H31N3O/c1-7-18-11-19(17(6)16(18)5)25-12-15(4)21(24-22(25)26)23-20-13(2)9-8-10-14(20)3/h8-10,12,16-19H,7,11H2,1-6H3,(H,23,24,26). The Balaban J connectivity index is 1.94. The molecule has 1 aliphatic carbocycles. The molecule has 1 aromatic carbocycles. The molecule has 3 rings (SSSR count). The van der Waals surface area contributed by atoms with E-state index in [4.69, 9.17) is 0 Å². The van der Waals surface area contributed by atoms with Crippen LogP contribution in [0.15, 0.2) is 29.2 Å². The Hall–Kier alpha value is -2.10. The predicted molar refractivity (Wildman–Crippen MR) is 108 cm³/mol. The number of para-hydroxylation sites is 1. The Morgan fingerprint density at radius 1 is 1.12 bits per heavy atom. The lowest BCUT2D eigenvalue weighted by atomic mass is 9.90. The van der Waals surface area contributed by atoms with Gasteiger partial charge in [-0.15, -0.1) is 0 Å². The maximum absolute atomic E-state index is 12.8. The summed E-state index contributed by atoms with van der Waals surface area (Å²) >= 11 is 0. The van der Waals surface area contributed by atoms with Crippen molar-refractivity contribution < 1.29 is 0 Å². The molecule has 0 spiro atoms. The summed E-state index contributed by atoms with van der Waals surface area (Å²) < 4.78 is 1.88. The minimum atomic E-state index is -0.148. The molecular formula is C22H31N3O. The lowest BCUT2D eigenvalue weighted by Crippen LogP contribution is -2.29. The lowest BCUT2D eigenvalue weighted by Gasteiger charge is -2.22. The first-order valence-electron chi connectivity index (χ1n) is 9.76. The van der Waals surface area contributed by atoms with E-state index < -0.39 is 0 Å². The van der Waals surface area contributed by atoms with Crippen LogP contribution in [-0.2, 0) is 0 Å². The molecular weight excluding hydrogens is 322 g/mol. The molecule has 1 saturated carbocycles. The van der Waals surface area contributed by atoms with E-state index in [2.05, 4.69) is 57.1 Å². The van der Waals surface area contributed by atoms with E-state index in [0.29, 0.717) is 23.6 Å². The molecule has 0 bridgehead atoms. The average Bonchev–Trinajstić information content (AvgIpc) is 2.89. The molecule has 26 heavy (non-hydrogen) atoms. The molecule has 1 heterocycles. The van der Waals surface area contributed by atoms with Gasteiger partial charge in [0.15, 0.2) is 0 Å². The zero-order valence-corrected chi connectivity index (χ0v) is 16.8. The molecule has 1 N–H and O–H groups in total. The van der Waals surface area contributed by atoms with Crippen LogP contribution in [0.3, 0.4) is 0 Å². The third-order valence-electron chi connectivity index (χ3n) is 6.46. The molecule has 0 aliphatic heterocycles.